The zero-order valence-electron chi connectivity index (χ0n) is 11.7. The molecule has 0 aliphatic carbocycles. The van der Waals surface area contributed by atoms with E-state index in [1.54, 1.807) is 13.8 Å². The van der Waals surface area contributed by atoms with Gasteiger partial charge in [0, 0.05) is 6.54 Å². The maximum absolute atomic E-state index is 13.1. The molecule has 0 bridgehead atoms. The van der Waals surface area contributed by atoms with Crippen molar-refractivity contribution >= 4 is 10.0 Å². The molecule has 1 aromatic carbocycles. The lowest BCUT2D eigenvalue weighted by Crippen LogP contribution is -2.48. The van der Waals surface area contributed by atoms with E-state index in [2.05, 4.69) is 0 Å². The maximum atomic E-state index is 13.1. The molecule has 1 aromatic rings. The van der Waals surface area contributed by atoms with Gasteiger partial charge in [-0.2, -0.15) is 4.31 Å². The zero-order chi connectivity index (χ0) is 14.9. The van der Waals surface area contributed by atoms with Crippen molar-refractivity contribution in [2.24, 2.45) is 0 Å². The Morgan fingerprint density at radius 2 is 2.10 bits per heavy atom. The molecule has 20 heavy (non-hydrogen) atoms. The second kappa shape index (κ2) is 5.79. The van der Waals surface area contributed by atoms with E-state index in [1.165, 1.54) is 16.4 Å². The van der Waals surface area contributed by atoms with Gasteiger partial charge in [-0.1, -0.05) is 6.42 Å². The van der Waals surface area contributed by atoms with Crippen LogP contribution in [0, 0.1) is 12.7 Å². The van der Waals surface area contributed by atoms with Gasteiger partial charge < -0.3 is 5.11 Å². The minimum atomic E-state index is -3.70. The minimum absolute atomic E-state index is 0.117. The molecule has 2 rings (SSSR count). The summed E-state index contributed by atoms with van der Waals surface area (Å²) >= 11 is 0. The molecule has 2 atom stereocenters. The van der Waals surface area contributed by atoms with Gasteiger partial charge in [-0.05, 0) is 50.5 Å². The number of sulfonamides is 1. The molecule has 0 aromatic heterocycles. The summed E-state index contributed by atoms with van der Waals surface area (Å²) in [7, 11) is -3.70. The van der Waals surface area contributed by atoms with Crippen LogP contribution in [0.2, 0.25) is 0 Å². The van der Waals surface area contributed by atoms with Crippen LogP contribution in [0.4, 0.5) is 4.39 Å². The fourth-order valence-electron chi connectivity index (χ4n) is 2.74. The predicted octanol–water partition coefficient (Wildman–Crippen LogP) is 2.06. The van der Waals surface area contributed by atoms with Crippen LogP contribution in [0.3, 0.4) is 0 Å². The largest absolute Gasteiger partial charge is 0.392 e. The summed E-state index contributed by atoms with van der Waals surface area (Å²) in [5.41, 5.74) is 0.389. The van der Waals surface area contributed by atoms with Crippen LogP contribution >= 0.6 is 0 Å². The van der Waals surface area contributed by atoms with Gasteiger partial charge in [-0.3, -0.25) is 0 Å². The summed E-state index contributed by atoms with van der Waals surface area (Å²) in [6.07, 6.45) is 1.62. The predicted molar refractivity (Wildman–Crippen MR) is 74.3 cm³/mol. The standard InChI is InChI=1S/C14H20FNO3S/c1-10-9-12(15)6-7-14(10)20(18,19)16-8-4-3-5-13(16)11(2)17/h6-7,9,11,13,17H,3-5,8H2,1-2H3. The van der Waals surface area contributed by atoms with E-state index in [1.807, 2.05) is 0 Å². The second-order valence-electron chi connectivity index (χ2n) is 5.33. The summed E-state index contributed by atoms with van der Waals surface area (Å²) in [5.74, 6) is -0.452. The van der Waals surface area contributed by atoms with Gasteiger partial charge in [-0.15, -0.1) is 0 Å². The number of hydrogen-bond donors (Lipinski definition) is 1. The van der Waals surface area contributed by atoms with Gasteiger partial charge in [0.2, 0.25) is 10.0 Å². The van der Waals surface area contributed by atoms with E-state index in [0.717, 1.165) is 18.9 Å². The summed E-state index contributed by atoms with van der Waals surface area (Å²) in [5, 5.41) is 9.81. The third-order valence-electron chi connectivity index (χ3n) is 3.78. The van der Waals surface area contributed by atoms with E-state index in [-0.39, 0.29) is 4.90 Å². The van der Waals surface area contributed by atoms with Crippen LogP contribution in [0.25, 0.3) is 0 Å². The molecule has 6 heteroatoms. The number of nitrogens with zero attached hydrogens (tertiary/aromatic N) is 1. The Hall–Kier alpha value is -0.980. The molecule has 1 heterocycles. The highest BCUT2D eigenvalue weighted by molar-refractivity contribution is 7.89. The number of aliphatic hydroxyl groups is 1. The highest BCUT2D eigenvalue weighted by atomic mass is 32.2. The highest BCUT2D eigenvalue weighted by Crippen LogP contribution is 2.28. The Balaban J connectivity index is 2.42. The van der Waals surface area contributed by atoms with Crippen molar-refractivity contribution in [3.63, 3.8) is 0 Å². The number of piperidine rings is 1. The SMILES string of the molecule is Cc1cc(F)ccc1S(=O)(=O)N1CCCCC1C(C)O. The lowest BCUT2D eigenvalue weighted by molar-refractivity contribution is 0.0831. The molecule has 1 aliphatic rings. The van der Waals surface area contributed by atoms with Crippen molar-refractivity contribution in [2.45, 2.75) is 50.2 Å². The fourth-order valence-corrected chi connectivity index (χ4v) is 4.71. The Kier molecular flexibility index (Phi) is 4.46. The molecular weight excluding hydrogens is 281 g/mol. The summed E-state index contributed by atoms with van der Waals surface area (Å²) in [4.78, 5) is 0.117. The summed E-state index contributed by atoms with van der Waals surface area (Å²) < 4.78 is 40.0. The number of aliphatic hydroxyl groups excluding tert-OH is 1. The summed E-state index contributed by atoms with van der Waals surface area (Å²) in [6, 6.07) is 3.27. The Bertz CT molecular complexity index is 586. The van der Waals surface area contributed by atoms with E-state index in [4.69, 9.17) is 0 Å². The van der Waals surface area contributed by atoms with E-state index in [0.29, 0.717) is 18.5 Å². The number of hydrogen-bond acceptors (Lipinski definition) is 3. The van der Waals surface area contributed by atoms with Gasteiger partial charge in [0.15, 0.2) is 0 Å². The van der Waals surface area contributed by atoms with Gasteiger partial charge >= 0.3 is 0 Å². The first kappa shape index (κ1) is 15.4. The van der Waals surface area contributed by atoms with Crippen molar-refractivity contribution in [1.82, 2.24) is 4.31 Å². The quantitative estimate of drug-likeness (QED) is 0.929. The molecule has 1 saturated heterocycles. The zero-order valence-corrected chi connectivity index (χ0v) is 12.5. The smallest absolute Gasteiger partial charge is 0.243 e. The minimum Gasteiger partial charge on any atom is -0.392 e. The monoisotopic (exact) mass is 301 g/mol. The van der Waals surface area contributed by atoms with Gasteiger partial charge in [-0.25, -0.2) is 12.8 Å². The van der Waals surface area contributed by atoms with Crippen LogP contribution in [-0.4, -0.2) is 36.5 Å². The first-order valence-corrected chi connectivity index (χ1v) is 8.24. The van der Waals surface area contributed by atoms with E-state index in [9.17, 15) is 17.9 Å². The molecule has 0 saturated carbocycles. The number of benzene rings is 1. The molecule has 0 radical (unpaired) electrons. The van der Waals surface area contributed by atoms with Crippen LogP contribution < -0.4 is 0 Å². The molecule has 1 fully saturated rings. The number of rotatable bonds is 3. The average molecular weight is 301 g/mol. The highest BCUT2D eigenvalue weighted by Gasteiger charge is 2.36. The lowest BCUT2D eigenvalue weighted by atomic mass is 10.0. The third-order valence-corrected chi connectivity index (χ3v) is 5.86. The number of aryl methyl sites for hydroxylation is 1. The van der Waals surface area contributed by atoms with Gasteiger partial charge in [0.1, 0.15) is 5.82 Å². The molecule has 0 amide bonds. The van der Waals surface area contributed by atoms with Crippen molar-refractivity contribution in [1.29, 1.82) is 0 Å². The average Bonchev–Trinajstić information content (AvgIpc) is 2.38. The van der Waals surface area contributed by atoms with Crippen molar-refractivity contribution in [2.75, 3.05) is 6.54 Å². The maximum Gasteiger partial charge on any atom is 0.243 e. The van der Waals surface area contributed by atoms with Gasteiger partial charge in [0.25, 0.3) is 0 Å². The molecule has 112 valence electrons. The van der Waals surface area contributed by atoms with Crippen molar-refractivity contribution in [3.05, 3.63) is 29.6 Å². The van der Waals surface area contributed by atoms with Gasteiger partial charge in [0.05, 0.1) is 17.0 Å². The van der Waals surface area contributed by atoms with Crippen LogP contribution in [-0.2, 0) is 10.0 Å². The Morgan fingerprint density at radius 1 is 1.40 bits per heavy atom. The van der Waals surface area contributed by atoms with Crippen LogP contribution in [0.5, 0.6) is 0 Å². The molecular formula is C14H20FNO3S. The molecule has 2 unspecified atom stereocenters. The van der Waals surface area contributed by atoms with E-state index < -0.39 is 28.0 Å². The Morgan fingerprint density at radius 3 is 2.70 bits per heavy atom. The second-order valence-corrected chi connectivity index (χ2v) is 7.19. The molecule has 1 N–H and O–H groups in total. The molecule has 1 aliphatic heterocycles. The topological polar surface area (TPSA) is 57.6 Å². The van der Waals surface area contributed by atoms with E-state index >= 15 is 0 Å². The Labute approximate surface area is 119 Å². The van der Waals surface area contributed by atoms with Crippen molar-refractivity contribution < 1.29 is 17.9 Å². The fraction of sp³-hybridized carbons (Fsp3) is 0.571. The van der Waals surface area contributed by atoms with Crippen LogP contribution in [0.15, 0.2) is 23.1 Å². The number of halogens is 1. The lowest BCUT2D eigenvalue weighted by Gasteiger charge is -2.36. The third kappa shape index (κ3) is 2.87. The normalized spacial score (nSPS) is 22.7. The van der Waals surface area contributed by atoms with Crippen molar-refractivity contribution in [3.8, 4) is 0 Å². The molecule has 0 spiro atoms. The first-order valence-electron chi connectivity index (χ1n) is 6.80. The van der Waals surface area contributed by atoms with Crippen LogP contribution in [0.1, 0.15) is 31.7 Å². The molecule has 4 nitrogen and oxygen atoms in total. The first-order chi connectivity index (χ1) is 9.34. The summed E-state index contributed by atoms with van der Waals surface area (Å²) in [6.45, 7) is 3.59.